The monoisotopic (exact) mass is 349 g/mol. The third kappa shape index (κ3) is 9.10. The Morgan fingerprint density at radius 1 is 1.04 bits per heavy atom. The van der Waals surface area contributed by atoms with Gasteiger partial charge in [-0.1, -0.05) is 24.3 Å². The molecule has 6 nitrogen and oxygen atoms in total. The summed E-state index contributed by atoms with van der Waals surface area (Å²) < 4.78 is 5.20. The average Bonchev–Trinajstić information content (AvgIpc) is 2.47. The van der Waals surface area contributed by atoms with Gasteiger partial charge < -0.3 is 19.9 Å². The van der Waals surface area contributed by atoms with E-state index in [1.807, 2.05) is 40.0 Å². The highest BCUT2D eigenvalue weighted by Gasteiger charge is 2.15. The van der Waals surface area contributed by atoms with E-state index >= 15 is 0 Å². The van der Waals surface area contributed by atoms with E-state index < -0.39 is 5.60 Å². The number of likely N-dealkylation sites (N-methyl/N-ethyl adjacent to an activating group) is 1. The molecular formula is C19H31N3O3. The van der Waals surface area contributed by atoms with E-state index in [2.05, 4.69) is 22.3 Å². The van der Waals surface area contributed by atoms with Crippen molar-refractivity contribution in [2.45, 2.75) is 46.4 Å². The number of nitrogens with zero attached hydrogens (tertiary/aromatic N) is 2. The minimum absolute atomic E-state index is 0.0568. The SMILES string of the molecule is CC(=O)N(C)Cc1ccc(CN(C)CCNC(=O)OC(C)(C)C)cc1. The van der Waals surface area contributed by atoms with Gasteiger partial charge in [-0.05, 0) is 38.9 Å². The zero-order valence-corrected chi connectivity index (χ0v) is 16.3. The summed E-state index contributed by atoms with van der Waals surface area (Å²) in [6.45, 7) is 9.77. The van der Waals surface area contributed by atoms with Crippen LogP contribution in [0.5, 0.6) is 0 Å². The third-order valence-corrected chi connectivity index (χ3v) is 3.59. The minimum Gasteiger partial charge on any atom is -0.444 e. The fourth-order valence-corrected chi connectivity index (χ4v) is 2.19. The standard InChI is InChI=1S/C19H31N3O3/c1-15(23)22(6)14-17-9-7-16(8-10-17)13-21(5)12-11-20-18(24)25-19(2,3)4/h7-10H,11-14H2,1-6H3,(H,20,24). The first kappa shape index (κ1) is 21.0. The first-order valence-corrected chi connectivity index (χ1v) is 8.52. The number of carbonyl (C=O) groups is 2. The molecule has 0 saturated carbocycles. The maximum Gasteiger partial charge on any atom is 0.407 e. The Balaban J connectivity index is 2.36. The van der Waals surface area contributed by atoms with Gasteiger partial charge in [-0.15, -0.1) is 0 Å². The summed E-state index contributed by atoms with van der Waals surface area (Å²) in [5, 5.41) is 2.76. The van der Waals surface area contributed by atoms with Gasteiger partial charge in [0.1, 0.15) is 5.60 Å². The van der Waals surface area contributed by atoms with E-state index in [0.29, 0.717) is 13.1 Å². The summed E-state index contributed by atoms with van der Waals surface area (Å²) in [5.41, 5.74) is 1.82. The van der Waals surface area contributed by atoms with Gasteiger partial charge in [-0.25, -0.2) is 4.79 Å². The molecule has 6 heteroatoms. The van der Waals surface area contributed by atoms with Crippen LogP contribution < -0.4 is 5.32 Å². The molecule has 0 aliphatic heterocycles. The predicted molar refractivity (Wildman–Crippen MR) is 99.2 cm³/mol. The predicted octanol–water partition coefficient (Wildman–Crippen LogP) is 2.62. The van der Waals surface area contributed by atoms with Gasteiger partial charge >= 0.3 is 6.09 Å². The van der Waals surface area contributed by atoms with Crippen molar-refractivity contribution in [3.05, 3.63) is 35.4 Å². The van der Waals surface area contributed by atoms with E-state index in [-0.39, 0.29) is 12.0 Å². The topological polar surface area (TPSA) is 61.9 Å². The van der Waals surface area contributed by atoms with Crippen molar-refractivity contribution >= 4 is 12.0 Å². The van der Waals surface area contributed by atoms with E-state index in [9.17, 15) is 9.59 Å². The Morgan fingerprint density at radius 2 is 1.56 bits per heavy atom. The lowest BCUT2D eigenvalue weighted by atomic mass is 10.1. The molecule has 0 fully saturated rings. The number of hydrogen-bond donors (Lipinski definition) is 1. The number of hydrogen-bond acceptors (Lipinski definition) is 4. The molecule has 25 heavy (non-hydrogen) atoms. The van der Waals surface area contributed by atoms with Gasteiger partial charge in [0.05, 0.1) is 0 Å². The molecule has 1 aromatic rings. The van der Waals surface area contributed by atoms with Crippen LogP contribution in [0.15, 0.2) is 24.3 Å². The molecule has 1 aromatic carbocycles. The van der Waals surface area contributed by atoms with Gasteiger partial charge in [-0.2, -0.15) is 0 Å². The lowest BCUT2D eigenvalue weighted by Gasteiger charge is -2.21. The molecule has 0 aliphatic rings. The summed E-state index contributed by atoms with van der Waals surface area (Å²) in [7, 11) is 3.80. The molecule has 0 atom stereocenters. The fraction of sp³-hybridized carbons (Fsp3) is 0.579. The Bertz CT molecular complexity index is 564. The number of benzene rings is 1. The lowest BCUT2D eigenvalue weighted by Crippen LogP contribution is -2.36. The van der Waals surface area contributed by atoms with Crippen LogP contribution in [0, 0.1) is 0 Å². The van der Waals surface area contributed by atoms with Crippen molar-refractivity contribution in [3.8, 4) is 0 Å². The largest absolute Gasteiger partial charge is 0.444 e. The second kappa shape index (κ2) is 9.42. The number of rotatable bonds is 7. The highest BCUT2D eigenvalue weighted by atomic mass is 16.6. The Hall–Kier alpha value is -2.08. The van der Waals surface area contributed by atoms with Crippen LogP contribution in [0.3, 0.4) is 0 Å². The molecule has 1 rings (SSSR count). The van der Waals surface area contributed by atoms with Crippen LogP contribution in [-0.2, 0) is 22.6 Å². The number of nitrogens with one attached hydrogen (secondary N) is 1. The van der Waals surface area contributed by atoms with Crippen LogP contribution in [0.4, 0.5) is 4.79 Å². The van der Waals surface area contributed by atoms with Gasteiger partial charge in [0.15, 0.2) is 0 Å². The maximum atomic E-state index is 11.6. The number of alkyl carbamates (subject to hydrolysis) is 1. The summed E-state index contributed by atoms with van der Waals surface area (Å²) in [4.78, 5) is 26.7. The molecule has 0 aromatic heterocycles. The minimum atomic E-state index is -0.478. The van der Waals surface area contributed by atoms with Crippen LogP contribution in [-0.4, -0.2) is 54.6 Å². The molecule has 140 valence electrons. The average molecular weight is 349 g/mol. The molecule has 0 heterocycles. The van der Waals surface area contributed by atoms with Crippen LogP contribution >= 0.6 is 0 Å². The Labute approximate surface area is 151 Å². The van der Waals surface area contributed by atoms with Gasteiger partial charge in [0.25, 0.3) is 0 Å². The molecule has 0 spiro atoms. The fourth-order valence-electron chi connectivity index (χ4n) is 2.19. The third-order valence-electron chi connectivity index (χ3n) is 3.59. The van der Waals surface area contributed by atoms with Crippen LogP contribution in [0.1, 0.15) is 38.8 Å². The van der Waals surface area contributed by atoms with E-state index in [0.717, 1.165) is 18.7 Å². The lowest BCUT2D eigenvalue weighted by molar-refractivity contribution is -0.128. The number of amides is 2. The maximum absolute atomic E-state index is 11.6. The van der Waals surface area contributed by atoms with Gasteiger partial charge in [0, 0.05) is 40.2 Å². The molecule has 0 saturated heterocycles. The molecular weight excluding hydrogens is 318 g/mol. The quantitative estimate of drug-likeness (QED) is 0.822. The zero-order chi connectivity index (χ0) is 19.0. The summed E-state index contributed by atoms with van der Waals surface area (Å²) in [5.74, 6) is 0.0568. The second-order valence-electron chi connectivity index (χ2n) is 7.36. The molecule has 2 amide bonds. The normalized spacial score (nSPS) is 11.3. The first-order chi connectivity index (χ1) is 11.6. The van der Waals surface area contributed by atoms with Crippen molar-refractivity contribution in [3.63, 3.8) is 0 Å². The van der Waals surface area contributed by atoms with E-state index in [4.69, 9.17) is 4.74 Å². The van der Waals surface area contributed by atoms with Gasteiger partial charge in [0.2, 0.25) is 5.91 Å². The summed E-state index contributed by atoms with van der Waals surface area (Å²) >= 11 is 0. The van der Waals surface area contributed by atoms with Crippen molar-refractivity contribution in [2.24, 2.45) is 0 Å². The molecule has 1 N–H and O–H groups in total. The first-order valence-electron chi connectivity index (χ1n) is 8.52. The highest BCUT2D eigenvalue weighted by Crippen LogP contribution is 2.09. The Kier molecular flexibility index (Phi) is 7.90. The van der Waals surface area contributed by atoms with Crippen molar-refractivity contribution < 1.29 is 14.3 Å². The number of ether oxygens (including phenoxy) is 1. The molecule has 0 radical (unpaired) electrons. The highest BCUT2D eigenvalue weighted by molar-refractivity contribution is 5.72. The summed E-state index contributed by atoms with van der Waals surface area (Å²) in [6.07, 6.45) is -0.389. The van der Waals surface area contributed by atoms with Crippen LogP contribution in [0.2, 0.25) is 0 Å². The van der Waals surface area contributed by atoms with E-state index in [1.54, 1.807) is 18.9 Å². The van der Waals surface area contributed by atoms with Crippen LogP contribution in [0.25, 0.3) is 0 Å². The smallest absolute Gasteiger partial charge is 0.407 e. The summed E-state index contributed by atoms with van der Waals surface area (Å²) in [6, 6.07) is 8.23. The molecule has 0 unspecified atom stereocenters. The molecule has 0 bridgehead atoms. The Morgan fingerprint density at radius 3 is 2.04 bits per heavy atom. The molecule has 0 aliphatic carbocycles. The van der Waals surface area contributed by atoms with Gasteiger partial charge in [-0.3, -0.25) is 4.79 Å². The second-order valence-corrected chi connectivity index (χ2v) is 7.36. The van der Waals surface area contributed by atoms with Crippen molar-refractivity contribution in [1.82, 2.24) is 15.1 Å². The van der Waals surface area contributed by atoms with Crippen molar-refractivity contribution in [2.75, 3.05) is 27.2 Å². The van der Waals surface area contributed by atoms with E-state index in [1.165, 1.54) is 5.56 Å². The van der Waals surface area contributed by atoms with Crippen molar-refractivity contribution in [1.29, 1.82) is 0 Å². The zero-order valence-electron chi connectivity index (χ0n) is 16.3. The number of carbonyl (C=O) groups excluding carboxylic acids is 2.